The van der Waals surface area contributed by atoms with Gasteiger partial charge in [-0.2, -0.15) is 0 Å². The number of rotatable bonds is 36. The van der Waals surface area contributed by atoms with Crippen molar-refractivity contribution in [3.63, 3.8) is 0 Å². The third kappa shape index (κ3) is 30.3. The Morgan fingerprint density at radius 1 is 0.277 bits per heavy atom. The second-order valence-electron chi connectivity index (χ2n) is 22.8. The van der Waals surface area contributed by atoms with Gasteiger partial charge >= 0.3 is 24.4 Å². The van der Waals surface area contributed by atoms with E-state index in [-0.39, 0.29) is 0 Å². The molecule has 5 rings (SSSR count). The summed E-state index contributed by atoms with van der Waals surface area (Å²) >= 11 is 0. The molecule has 0 aromatic heterocycles. The lowest BCUT2D eigenvalue weighted by atomic mass is 10.1. The predicted molar refractivity (Wildman–Crippen MR) is 333 cm³/mol. The molecule has 1 saturated heterocycles. The lowest BCUT2D eigenvalue weighted by Crippen LogP contribution is -2.38. The van der Waals surface area contributed by atoms with Gasteiger partial charge in [-0.25, -0.2) is 19.2 Å². The van der Waals surface area contributed by atoms with Crippen molar-refractivity contribution in [1.29, 1.82) is 0 Å². The minimum atomic E-state index is -0.875. The van der Waals surface area contributed by atoms with E-state index in [4.69, 9.17) is 0 Å². The fourth-order valence-electron chi connectivity index (χ4n) is 11.3. The monoisotopic (exact) mass is 1150 g/mol. The Hall–Kier alpha value is -6.20. The van der Waals surface area contributed by atoms with Crippen LogP contribution >= 0.6 is 0 Å². The highest BCUT2D eigenvalue weighted by molar-refractivity contribution is 5.66. The summed E-state index contributed by atoms with van der Waals surface area (Å²) in [5.41, 5.74) is 4.02. The molecule has 1 heterocycles. The number of unbranched alkanes of at least 4 members (excludes halogenated alkanes) is 12. The molecule has 0 atom stereocenters. The van der Waals surface area contributed by atoms with E-state index in [1.165, 1.54) is 19.6 Å². The molecule has 458 valence electrons. The van der Waals surface area contributed by atoms with Crippen molar-refractivity contribution in [2.45, 2.75) is 148 Å². The van der Waals surface area contributed by atoms with Crippen LogP contribution in [-0.4, -0.2) is 189 Å². The first kappa shape index (κ1) is 67.6. The highest BCUT2D eigenvalue weighted by Crippen LogP contribution is 2.16. The summed E-state index contributed by atoms with van der Waals surface area (Å²) in [6, 6.07) is 39.3. The normalized spacial score (nSPS) is 14.6. The number of nitrogens with zero attached hydrogens (tertiary/aromatic N) is 8. The molecule has 1 aliphatic rings. The quantitative estimate of drug-likeness (QED) is 0.0318. The zero-order valence-electron chi connectivity index (χ0n) is 50.1. The largest absolute Gasteiger partial charge is 0.465 e. The molecule has 83 heavy (non-hydrogen) atoms. The van der Waals surface area contributed by atoms with Crippen LogP contribution in [0.1, 0.15) is 144 Å². The molecule has 4 aromatic rings. The lowest BCUT2D eigenvalue weighted by molar-refractivity contribution is 0.140. The smallest absolute Gasteiger partial charge is 0.407 e. The van der Waals surface area contributed by atoms with Gasteiger partial charge in [-0.15, -0.1) is 0 Å². The predicted octanol–water partition coefficient (Wildman–Crippen LogP) is 13.3. The van der Waals surface area contributed by atoms with Gasteiger partial charge < -0.3 is 59.6 Å². The summed E-state index contributed by atoms with van der Waals surface area (Å²) in [5, 5.41) is 39.8. The molecule has 16 nitrogen and oxygen atoms in total. The average molecular weight is 1150 g/mol. The zero-order valence-corrected chi connectivity index (χ0v) is 50.1. The molecule has 0 saturated carbocycles. The number of carboxylic acid groups (broad SMARTS) is 4. The third-order valence-electron chi connectivity index (χ3n) is 16.1. The maximum atomic E-state index is 12.1. The van der Waals surface area contributed by atoms with Crippen molar-refractivity contribution in [3.8, 4) is 0 Å². The third-order valence-corrected chi connectivity index (χ3v) is 16.1. The van der Waals surface area contributed by atoms with Gasteiger partial charge in [0, 0.05) is 65.4 Å². The van der Waals surface area contributed by atoms with Crippen LogP contribution in [0.2, 0.25) is 0 Å². The van der Waals surface area contributed by atoms with E-state index in [9.17, 15) is 39.6 Å². The van der Waals surface area contributed by atoms with Gasteiger partial charge in [-0.05, 0) is 158 Å². The molecule has 0 aliphatic carbocycles. The van der Waals surface area contributed by atoms with Gasteiger partial charge in [0.25, 0.3) is 0 Å². The Balaban J connectivity index is 1.18. The summed E-state index contributed by atoms with van der Waals surface area (Å²) in [7, 11) is 0. The highest BCUT2D eigenvalue weighted by Gasteiger charge is 2.18. The van der Waals surface area contributed by atoms with E-state index >= 15 is 0 Å². The summed E-state index contributed by atoms with van der Waals surface area (Å²) in [6.45, 7) is 16.0. The second-order valence-corrected chi connectivity index (χ2v) is 22.8. The molecule has 4 aromatic carbocycles. The van der Waals surface area contributed by atoms with Gasteiger partial charge in [0.05, 0.1) is 0 Å². The maximum Gasteiger partial charge on any atom is 0.407 e. The van der Waals surface area contributed by atoms with E-state index in [0.717, 1.165) is 223 Å². The molecule has 0 unspecified atom stereocenters. The average Bonchev–Trinajstić information content (AvgIpc) is 3.50. The van der Waals surface area contributed by atoms with E-state index < -0.39 is 24.4 Å². The minimum Gasteiger partial charge on any atom is -0.465 e. The topological polar surface area (TPSA) is 175 Å². The zero-order chi connectivity index (χ0) is 59.0. The molecule has 0 radical (unpaired) electrons. The molecule has 16 heteroatoms. The molecule has 1 aliphatic heterocycles. The first-order valence-electron chi connectivity index (χ1n) is 31.5. The number of hydrogen-bond donors (Lipinski definition) is 4. The van der Waals surface area contributed by atoms with Crippen LogP contribution in [0.3, 0.4) is 0 Å². The van der Waals surface area contributed by atoms with Crippen LogP contribution in [0.4, 0.5) is 19.2 Å². The Kier molecular flexibility index (Phi) is 34.0. The first-order chi connectivity index (χ1) is 40.5. The number of carbonyl (C=O) groups is 4. The molecular formula is C67H102N8O8. The highest BCUT2D eigenvalue weighted by atomic mass is 16.4. The van der Waals surface area contributed by atoms with E-state index in [1.807, 2.05) is 121 Å². The van der Waals surface area contributed by atoms with Gasteiger partial charge in [-0.3, -0.25) is 0 Å². The van der Waals surface area contributed by atoms with Gasteiger partial charge in [0.1, 0.15) is 0 Å². The van der Waals surface area contributed by atoms with Crippen LogP contribution < -0.4 is 0 Å². The molecule has 4 amide bonds. The molecule has 0 spiro atoms. The molecular weight excluding hydrogens is 1040 g/mol. The van der Waals surface area contributed by atoms with Crippen LogP contribution in [0.15, 0.2) is 121 Å². The molecule has 1 fully saturated rings. The summed E-state index contributed by atoms with van der Waals surface area (Å²) in [4.78, 5) is 65.3. The first-order valence-corrected chi connectivity index (χ1v) is 31.5. The maximum absolute atomic E-state index is 12.1. The summed E-state index contributed by atoms with van der Waals surface area (Å²) < 4.78 is 0. The second kappa shape index (κ2) is 41.7. The van der Waals surface area contributed by atoms with Crippen molar-refractivity contribution in [3.05, 3.63) is 144 Å². The van der Waals surface area contributed by atoms with Crippen molar-refractivity contribution in [2.75, 3.05) is 105 Å². The Morgan fingerprint density at radius 3 is 0.675 bits per heavy atom. The van der Waals surface area contributed by atoms with Gasteiger partial charge in [0.2, 0.25) is 0 Å². The lowest BCUT2D eigenvalue weighted by Gasteiger charge is -2.29. The summed E-state index contributed by atoms with van der Waals surface area (Å²) in [5.74, 6) is 0. The number of amides is 4. The Labute approximate surface area is 497 Å². The molecule has 0 bridgehead atoms. The van der Waals surface area contributed by atoms with Crippen LogP contribution in [0.5, 0.6) is 0 Å². The summed E-state index contributed by atoms with van der Waals surface area (Å²) in [6.07, 6.45) is 15.6. The molecule has 4 N–H and O–H groups in total. The van der Waals surface area contributed by atoms with E-state index in [2.05, 4.69) is 19.6 Å². The Bertz CT molecular complexity index is 2160. The van der Waals surface area contributed by atoms with Gasteiger partial charge in [-0.1, -0.05) is 173 Å². The van der Waals surface area contributed by atoms with E-state index in [0.29, 0.717) is 52.4 Å². The fraction of sp³-hybridized carbons (Fsp3) is 0.582. The van der Waals surface area contributed by atoms with Crippen molar-refractivity contribution in [1.82, 2.24) is 39.2 Å². The van der Waals surface area contributed by atoms with Crippen molar-refractivity contribution in [2.24, 2.45) is 0 Å². The van der Waals surface area contributed by atoms with Gasteiger partial charge in [0.15, 0.2) is 0 Å². The van der Waals surface area contributed by atoms with Crippen LogP contribution in [0.25, 0.3) is 0 Å². The standard InChI is InChI=1S/C67H102N8O8/c76-64(77)72(56-60-32-13-9-14-33-60)50-25-5-1-21-40-68-44-29-45-69(41-22-2-6-26-51-73(65(78)79)57-61-34-15-10-16-35-61)47-31-49-71(43-24-4-8-28-53-75(67(82)83)59-63-38-19-12-20-39-63)55-54-70(48-30-46-68)42-23-3-7-27-52-74(66(80)81)58-62-36-17-11-18-37-62/h9-20,32-39H,1-8,21-31,40-59H2,(H,76,77)(H,78,79)(H,80,81)(H,82,83). The van der Waals surface area contributed by atoms with Crippen LogP contribution in [0, 0.1) is 0 Å². The SMILES string of the molecule is O=C(O)N(CCCCCCN1CCCN(CCCCCCN(Cc2ccccc2)C(=O)O)CCCN(CCCCCCN(Cc2ccccc2)C(=O)O)CCN(CCCCCCN(Cc2ccccc2)C(=O)O)CCC1)Cc1ccccc1. The van der Waals surface area contributed by atoms with Crippen molar-refractivity contribution >= 4 is 24.4 Å². The van der Waals surface area contributed by atoms with Crippen LogP contribution in [-0.2, 0) is 26.2 Å². The van der Waals surface area contributed by atoms with Crippen molar-refractivity contribution < 1.29 is 39.6 Å². The fourth-order valence-corrected chi connectivity index (χ4v) is 11.3. The minimum absolute atomic E-state index is 0.404. The number of benzene rings is 4. The van der Waals surface area contributed by atoms with E-state index in [1.54, 1.807) is 0 Å². The Morgan fingerprint density at radius 2 is 0.470 bits per heavy atom. The number of hydrogen-bond acceptors (Lipinski definition) is 8.